The number of ether oxygens (including phenoxy) is 3. The number of likely N-dealkylation sites (tertiary alicyclic amines) is 1. The van der Waals surface area contributed by atoms with Gasteiger partial charge in [0, 0.05) is 25.2 Å². The third kappa shape index (κ3) is 3.28. The molecule has 2 saturated heterocycles. The summed E-state index contributed by atoms with van der Waals surface area (Å²) in [6, 6.07) is 7.27. The molecule has 130 valence electrons. The molecule has 5 nitrogen and oxygen atoms in total. The largest absolute Gasteiger partial charge is 0.497 e. The number of amides is 1. The van der Waals surface area contributed by atoms with Gasteiger partial charge in [-0.15, -0.1) is 0 Å². The number of methoxy groups -OCH3 is 1. The van der Waals surface area contributed by atoms with Gasteiger partial charge < -0.3 is 19.1 Å². The van der Waals surface area contributed by atoms with E-state index in [1.165, 1.54) is 12.8 Å². The van der Waals surface area contributed by atoms with E-state index in [2.05, 4.69) is 0 Å². The monoisotopic (exact) mass is 331 g/mol. The van der Waals surface area contributed by atoms with Gasteiger partial charge in [0.1, 0.15) is 11.4 Å². The van der Waals surface area contributed by atoms with Crippen LogP contribution in [-0.2, 0) is 9.47 Å². The second-order valence-electron chi connectivity index (χ2n) is 7.31. The fourth-order valence-electron chi connectivity index (χ4n) is 3.61. The van der Waals surface area contributed by atoms with E-state index in [-0.39, 0.29) is 17.6 Å². The van der Waals surface area contributed by atoms with Gasteiger partial charge in [-0.25, -0.2) is 0 Å². The standard InChI is InChI=1S/C19H25NO4/c1-22-16-6-4-15(5-7-16)18(21)20-12-19(13-20)10-17(8-9-24-19)23-11-14-2-3-14/h4-7,14,17H,2-3,8-13H2,1H3/t17-/m1/s1. The predicted molar refractivity (Wildman–Crippen MR) is 89.3 cm³/mol. The lowest BCUT2D eigenvalue weighted by Gasteiger charge is -2.53. The molecule has 24 heavy (non-hydrogen) atoms. The van der Waals surface area contributed by atoms with E-state index in [0.29, 0.717) is 18.7 Å². The van der Waals surface area contributed by atoms with Crippen molar-refractivity contribution in [1.29, 1.82) is 0 Å². The van der Waals surface area contributed by atoms with Crippen LogP contribution in [0.1, 0.15) is 36.0 Å². The first kappa shape index (κ1) is 15.9. The Kier molecular flexibility index (Phi) is 4.22. The van der Waals surface area contributed by atoms with Gasteiger partial charge in [-0.1, -0.05) is 0 Å². The summed E-state index contributed by atoms with van der Waals surface area (Å²) in [6.45, 7) is 2.97. The zero-order valence-electron chi connectivity index (χ0n) is 14.2. The van der Waals surface area contributed by atoms with Gasteiger partial charge in [-0.2, -0.15) is 0 Å². The molecular formula is C19H25NO4. The third-order valence-corrected chi connectivity index (χ3v) is 5.29. The molecule has 1 saturated carbocycles. The molecule has 0 unspecified atom stereocenters. The maximum absolute atomic E-state index is 12.6. The topological polar surface area (TPSA) is 48.0 Å². The number of nitrogens with zero attached hydrogens (tertiary/aromatic N) is 1. The Morgan fingerprint density at radius 2 is 2.00 bits per heavy atom. The highest BCUT2D eigenvalue weighted by Crippen LogP contribution is 2.37. The molecular weight excluding hydrogens is 306 g/mol. The Morgan fingerprint density at radius 3 is 2.67 bits per heavy atom. The lowest BCUT2D eigenvalue weighted by Crippen LogP contribution is -2.67. The zero-order chi connectivity index (χ0) is 16.6. The minimum atomic E-state index is -0.186. The second kappa shape index (κ2) is 6.37. The van der Waals surface area contributed by atoms with Gasteiger partial charge in [-0.05, 0) is 49.4 Å². The molecule has 0 bridgehead atoms. The lowest BCUT2D eigenvalue weighted by atomic mass is 9.84. The summed E-state index contributed by atoms with van der Waals surface area (Å²) in [5.74, 6) is 1.61. The first-order valence-corrected chi connectivity index (χ1v) is 8.86. The predicted octanol–water partition coefficient (Wildman–Crippen LogP) is 2.50. The molecule has 1 spiro atoms. The summed E-state index contributed by atoms with van der Waals surface area (Å²) < 4.78 is 17.2. The molecule has 3 aliphatic rings. The number of hydrogen-bond donors (Lipinski definition) is 0. The first-order chi connectivity index (χ1) is 11.7. The molecule has 1 atom stereocenters. The average molecular weight is 331 g/mol. The SMILES string of the molecule is COc1ccc(C(=O)N2CC3(C[C@H](OCC4CC4)CCO3)C2)cc1. The molecule has 1 aromatic rings. The minimum Gasteiger partial charge on any atom is -0.497 e. The van der Waals surface area contributed by atoms with Gasteiger partial charge in [-0.3, -0.25) is 4.79 Å². The van der Waals surface area contributed by atoms with Crippen LogP contribution in [0.3, 0.4) is 0 Å². The van der Waals surface area contributed by atoms with Crippen LogP contribution in [0.2, 0.25) is 0 Å². The van der Waals surface area contributed by atoms with Crippen molar-refractivity contribution in [2.45, 2.75) is 37.4 Å². The van der Waals surface area contributed by atoms with Gasteiger partial charge >= 0.3 is 0 Å². The van der Waals surface area contributed by atoms with E-state index in [0.717, 1.165) is 37.7 Å². The van der Waals surface area contributed by atoms with Crippen LogP contribution in [-0.4, -0.2) is 55.9 Å². The molecule has 0 N–H and O–H groups in total. The Hall–Kier alpha value is -1.59. The van der Waals surface area contributed by atoms with Crippen molar-refractivity contribution in [3.05, 3.63) is 29.8 Å². The molecule has 5 heteroatoms. The van der Waals surface area contributed by atoms with Crippen LogP contribution in [0.5, 0.6) is 5.75 Å². The van der Waals surface area contributed by atoms with Gasteiger partial charge in [0.15, 0.2) is 0 Å². The number of hydrogen-bond acceptors (Lipinski definition) is 4. The van der Waals surface area contributed by atoms with Crippen LogP contribution in [0, 0.1) is 5.92 Å². The van der Waals surface area contributed by atoms with Crippen molar-refractivity contribution in [3.63, 3.8) is 0 Å². The van der Waals surface area contributed by atoms with Crippen LogP contribution in [0.4, 0.5) is 0 Å². The number of benzene rings is 1. The van der Waals surface area contributed by atoms with Gasteiger partial charge in [0.05, 0.1) is 26.3 Å². The van der Waals surface area contributed by atoms with Crippen LogP contribution in [0.25, 0.3) is 0 Å². The summed E-state index contributed by atoms with van der Waals surface area (Å²) >= 11 is 0. The van der Waals surface area contributed by atoms with Crippen molar-refractivity contribution >= 4 is 5.91 Å². The Bertz CT molecular complexity index is 590. The molecule has 1 aliphatic carbocycles. The van der Waals surface area contributed by atoms with Crippen LogP contribution in [0.15, 0.2) is 24.3 Å². The molecule has 3 fully saturated rings. The molecule has 2 heterocycles. The summed E-state index contributed by atoms with van der Waals surface area (Å²) in [5, 5.41) is 0. The maximum atomic E-state index is 12.6. The summed E-state index contributed by atoms with van der Waals surface area (Å²) in [4.78, 5) is 14.4. The van der Waals surface area contributed by atoms with Crippen molar-refractivity contribution < 1.29 is 19.0 Å². The normalized spacial score (nSPS) is 25.4. The van der Waals surface area contributed by atoms with E-state index < -0.39 is 0 Å². The molecule has 1 aromatic carbocycles. The molecule has 1 amide bonds. The summed E-state index contributed by atoms with van der Waals surface area (Å²) in [7, 11) is 1.62. The summed E-state index contributed by atoms with van der Waals surface area (Å²) in [6.07, 6.45) is 4.81. The van der Waals surface area contributed by atoms with Crippen LogP contribution >= 0.6 is 0 Å². The van der Waals surface area contributed by atoms with E-state index in [4.69, 9.17) is 14.2 Å². The average Bonchev–Trinajstić information content (AvgIpc) is 3.42. The highest BCUT2D eigenvalue weighted by Gasteiger charge is 2.49. The van der Waals surface area contributed by atoms with Gasteiger partial charge in [0.2, 0.25) is 0 Å². The highest BCUT2D eigenvalue weighted by molar-refractivity contribution is 5.95. The fourth-order valence-corrected chi connectivity index (χ4v) is 3.61. The molecule has 4 rings (SSSR count). The highest BCUT2D eigenvalue weighted by atomic mass is 16.5. The lowest BCUT2D eigenvalue weighted by molar-refractivity contribution is -0.186. The zero-order valence-corrected chi connectivity index (χ0v) is 14.2. The number of carbonyl (C=O) groups excluding carboxylic acids is 1. The third-order valence-electron chi connectivity index (χ3n) is 5.29. The maximum Gasteiger partial charge on any atom is 0.254 e. The number of rotatable bonds is 5. The second-order valence-corrected chi connectivity index (χ2v) is 7.31. The molecule has 0 aromatic heterocycles. The quantitative estimate of drug-likeness (QED) is 0.832. The first-order valence-electron chi connectivity index (χ1n) is 8.86. The van der Waals surface area contributed by atoms with Crippen molar-refractivity contribution in [1.82, 2.24) is 4.90 Å². The van der Waals surface area contributed by atoms with Crippen LogP contribution < -0.4 is 4.74 Å². The van der Waals surface area contributed by atoms with E-state index in [1.54, 1.807) is 7.11 Å². The molecule has 2 aliphatic heterocycles. The smallest absolute Gasteiger partial charge is 0.254 e. The Morgan fingerprint density at radius 1 is 1.25 bits per heavy atom. The number of carbonyl (C=O) groups is 1. The summed E-state index contributed by atoms with van der Waals surface area (Å²) in [5.41, 5.74) is 0.511. The minimum absolute atomic E-state index is 0.0629. The van der Waals surface area contributed by atoms with E-state index in [9.17, 15) is 4.79 Å². The fraction of sp³-hybridized carbons (Fsp3) is 0.632. The molecule has 0 radical (unpaired) electrons. The van der Waals surface area contributed by atoms with Gasteiger partial charge in [0.25, 0.3) is 5.91 Å². The Balaban J connectivity index is 1.31. The van der Waals surface area contributed by atoms with Crippen molar-refractivity contribution in [2.75, 3.05) is 33.4 Å². The van der Waals surface area contributed by atoms with Crippen molar-refractivity contribution in [2.24, 2.45) is 5.92 Å². The van der Waals surface area contributed by atoms with Crippen molar-refractivity contribution in [3.8, 4) is 5.75 Å². The Labute approximate surface area is 142 Å². The van der Waals surface area contributed by atoms with E-state index >= 15 is 0 Å². The van der Waals surface area contributed by atoms with E-state index in [1.807, 2.05) is 29.2 Å².